The number of hydrogen-bond acceptors (Lipinski definition) is 7. The Labute approximate surface area is 164 Å². The molecular formula is C19H18N2O4S2. The number of benzene rings is 1. The first-order chi connectivity index (χ1) is 13.0. The summed E-state index contributed by atoms with van der Waals surface area (Å²) in [7, 11) is 1.32. The molecule has 8 heteroatoms. The number of thioether (sulfide) groups is 1. The molecular weight excluding hydrogens is 384 g/mol. The number of aryl methyl sites for hydroxylation is 1. The maximum atomic E-state index is 13.0. The number of anilines is 2. The van der Waals surface area contributed by atoms with Gasteiger partial charge in [0.2, 0.25) is 11.8 Å². The van der Waals surface area contributed by atoms with E-state index in [0.717, 1.165) is 34.6 Å². The third kappa shape index (κ3) is 3.12. The molecule has 1 aromatic heterocycles. The van der Waals surface area contributed by atoms with Crippen LogP contribution >= 0.6 is 23.1 Å². The van der Waals surface area contributed by atoms with Gasteiger partial charge in [0.05, 0.1) is 17.9 Å². The number of thiophene rings is 1. The summed E-state index contributed by atoms with van der Waals surface area (Å²) in [6.45, 7) is 0. The van der Waals surface area contributed by atoms with E-state index in [2.05, 4.69) is 0 Å². The molecule has 2 aliphatic rings. The van der Waals surface area contributed by atoms with E-state index >= 15 is 0 Å². The summed E-state index contributed by atoms with van der Waals surface area (Å²) in [6.07, 6.45) is 2.72. The van der Waals surface area contributed by atoms with Gasteiger partial charge in [0, 0.05) is 21.9 Å². The van der Waals surface area contributed by atoms with Gasteiger partial charge in [-0.2, -0.15) is 0 Å². The van der Waals surface area contributed by atoms with E-state index in [1.807, 2.05) is 12.1 Å². The molecule has 2 heterocycles. The lowest BCUT2D eigenvalue weighted by atomic mass is 10.1. The predicted molar refractivity (Wildman–Crippen MR) is 105 cm³/mol. The summed E-state index contributed by atoms with van der Waals surface area (Å²) in [4.78, 5) is 41.1. The van der Waals surface area contributed by atoms with Crippen molar-refractivity contribution in [3.05, 3.63) is 40.3 Å². The lowest BCUT2D eigenvalue weighted by Crippen LogP contribution is -2.31. The lowest BCUT2D eigenvalue weighted by Gasteiger charge is -2.15. The van der Waals surface area contributed by atoms with Crippen molar-refractivity contribution in [2.45, 2.75) is 35.8 Å². The van der Waals surface area contributed by atoms with Crippen LogP contribution in [0.5, 0.6) is 0 Å². The molecule has 2 aromatic rings. The highest BCUT2D eigenvalue weighted by atomic mass is 32.2. The minimum Gasteiger partial charge on any atom is -0.465 e. The highest BCUT2D eigenvalue weighted by Gasteiger charge is 2.44. The van der Waals surface area contributed by atoms with Crippen molar-refractivity contribution in [1.82, 2.24) is 0 Å². The average Bonchev–Trinajstić information content (AvgIpc) is 3.30. The zero-order valence-electron chi connectivity index (χ0n) is 14.7. The summed E-state index contributed by atoms with van der Waals surface area (Å²) in [5, 5.41) is -0.0921. The van der Waals surface area contributed by atoms with Crippen LogP contribution in [0.3, 0.4) is 0 Å². The third-order valence-electron chi connectivity index (χ3n) is 4.76. The van der Waals surface area contributed by atoms with Crippen molar-refractivity contribution in [2.24, 2.45) is 0 Å². The number of amides is 2. The van der Waals surface area contributed by atoms with Gasteiger partial charge in [-0.1, -0.05) is 0 Å². The molecule has 0 radical (unpaired) electrons. The Hall–Kier alpha value is -2.32. The molecule has 1 aromatic carbocycles. The lowest BCUT2D eigenvalue weighted by molar-refractivity contribution is -0.121. The van der Waals surface area contributed by atoms with Crippen molar-refractivity contribution in [1.29, 1.82) is 0 Å². The summed E-state index contributed by atoms with van der Waals surface area (Å²) < 4.78 is 4.93. The van der Waals surface area contributed by atoms with Crippen molar-refractivity contribution in [3.8, 4) is 0 Å². The second kappa shape index (κ2) is 7.01. The van der Waals surface area contributed by atoms with Crippen LogP contribution in [-0.2, 0) is 27.2 Å². The van der Waals surface area contributed by atoms with E-state index in [1.54, 1.807) is 12.1 Å². The maximum Gasteiger partial charge on any atom is 0.341 e. The molecule has 1 aliphatic heterocycles. The Bertz CT molecular complexity index is 936. The van der Waals surface area contributed by atoms with Gasteiger partial charge in [-0.25, -0.2) is 9.69 Å². The van der Waals surface area contributed by atoms with Gasteiger partial charge < -0.3 is 10.5 Å². The summed E-state index contributed by atoms with van der Waals surface area (Å²) in [5.74, 6) is -1.05. The number of fused-ring (bicyclic) bond motifs is 1. The Morgan fingerprint density at radius 3 is 2.70 bits per heavy atom. The summed E-state index contributed by atoms with van der Waals surface area (Å²) in [5.41, 5.74) is 7.65. The molecule has 6 nitrogen and oxygen atoms in total. The van der Waals surface area contributed by atoms with Gasteiger partial charge in [-0.15, -0.1) is 23.1 Å². The Morgan fingerprint density at radius 1 is 1.26 bits per heavy atom. The van der Waals surface area contributed by atoms with E-state index in [4.69, 9.17) is 10.5 Å². The quantitative estimate of drug-likeness (QED) is 0.480. The molecule has 1 aliphatic carbocycles. The molecule has 1 fully saturated rings. The third-order valence-corrected chi connectivity index (χ3v) is 7.23. The molecule has 0 bridgehead atoms. The molecule has 2 N–H and O–H groups in total. The molecule has 27 heavy (non-hydrogen) atoms. The fraction of sp³-hybridized carbons (Fsp3) is 0.316. The molecule has 140 valence electrons. The second-order valence-corrected chi connectivity index (χ2v) is 8.84. The largest absolute Gasteiger partial charge is 0.465 e. The highest BCUT2D eigenvalue weighted by Crippen LogP contribution is 2.44. The normalized spacial score (nSPS) is 18.9. The van der Waals surface area contributed by atoms with Crippen LogP contribution in [0.2, 0.25) is 0 Å². The first-order valence-corrected chi connectivity index (χ1v) is 10.3. The number of carbonyl (C=O) groups is 3. The van der Waals surface area contributed by atoms with E-state index in [0.29, 0.717) is 16.3 Å². The monoisotopic (exact) mass is 402 g/mol. The second-order valence-electron chi connectivity index (χ2n) is 6.48. The number of esters is 1. The van der Waals surface area contributed by atoms with E-state index < -0.39 is 11.2 Å². The van der Waals surface area contributed by atoms with Gasteiger partial charge >= 0.3 is 5.97 Å². The number of imide groups is 1. The van der Waals surface area contributed by atoms with Crippen molar-refractivity contribution in [3.63, 3.8) is 0 Å². The van der Waals surface area contributed by atoms with Crippen LogP contribution in [0, 0.1) is 0 Å². The number of rotatable bonds is 4. The molecule has 0 saturated carbocycles. The zero-order chi connectivity index (χ0) is 19.1. The molecule has 1 unspecified atom stereocenters. The molecule has 0 spiro atoms. The number of ether oxygens (including phenoxy) is 1. The zero-order valence-corrected chi connectivity index (χ0v) is 16.3. The minimum atomic E-state index is -0.511. The van der Waals surface area contributed by atoms with Gasteiger partial charge in [-0.05, 0) is 49.1 Å². The molecule has 2 amide bonds. The number of carbonyl (C=O) groups excluding carboxylic acids is 3. The summed E-state index contributed by atoms with van der Waals surface area (Å²) >= 11 is 2.71. The van der Waals surface area contributed by atoms with Crippen LogP contribution in [0.1, 0.15) is 33.6 Å². The standard InChI is InChI=1S/C19H18N2O4S2/c1-25-19(24)16-12-3-2-4-13(12)27-18(16)21-15(22)9-14(17(21)23)26-11-7-5-10(20)6-8-11/h5-8,14H,2-4,9,20H2,1H3. The fourth-order valence-electron chi connectivity index (χ4n) is 3.48. The number of nitrogen functional groups attached to an aromatic ring is 1. The van der Waals surface area contributed by atoms with Gasteiger partial charge in [-0.3, -0.25) is 9.59 Å². The van der Waals surface area contributed by atoms with Gasteiger partial charge in [0.15, 0.2) is 0 Å². The molecule has 1 saturated heterocycles. The average molecular weight is 402 g/mol. The predicted octanol–water partition coefficient (Wildman–Crippen LogP) is 3.03. The van der Waals surface area contributed by atoms with Crippen LogP contribution in [0.4, 0.5) is 10.7 Å². The van der Waals surface area contributed by atoms with Crippen molar-refractivity contribution in [2.75, 3.05) is 17.7 Å². The smallest absolute Gasteiger partial charge is 0.341 e. The maximum absolute atomic E-state index is 13.0. The topological polar surface area (TPSA) is 89.7 Å². The van der Waals surface area contributed by atoms with Crippen LogP contribution in [-0.4, -0.2) is 30.1 Å². The van der Waals surface area contributed by atoms with Gasteiger partial charge in [0.25, 0.3) is 0 Å². The Morgan fingerprint density at radius 2 is 2.00 bits per heavy atom. The number of methoxy groups -OCH3 is 1. The molecule has 4 rings (SSSR count). The van der Waals surface area contributed by atoms with Crippen LogP contribution < -0.4 is 10.6 Å². The van der Waals surface area contributed by atoms with Crippen LogP contribution in [0.15, 0.2) is 29.2 Å². The Kier molecular flexibility index (Phi) is 4.69. The van der Waals surface area contributed by atoms with E-state index in [-0.39, 0.29) is 18.2 Å². The van der Waals surface area contributed by atoms with Crippen molar-refractivity contribution >= 4 is 51.6 Å². The van der Waals surface area contributed by atoms with Gasteiger partial charge in [0.1, 0.15) is 5.00 Å². The minimum absolute atomic E-state index is 0.108. The SMILES string of the molecule is COC(=O)c1c(N2C(=O)CC(Sc3ccc(N)cc3)C2=O)sc2c1CCC2. The first kappa shape index (κ1) is 18.1. The Balaban J connectivity index is 1.65. The van der Waals surface area contributed by atoms with E-state index in [9.17, 15) is 14.4 Å². The molecule has 1 atom stereocenters. The van der Waals surface area contributed by atoms with Crippen LogP contribution in [0.25, 0.3) is 0 Å². The number of nitrogens with zero attached hydrogens (tertiary/aromatic N) is 1. The van der Waals surface area contributed by atoms with E-state index in [1.165, 1.54) is 35.1 Å². The first-order valence-electron chi connectivity index (χ1n) is 8.61. The number of hydrogen-bond donors (Lipinski definition) is 1. The highest BCUT2D eigenvalue weighted by molar-refractivity contribution is 8.00. The van der Waals surface area contributed by atoms with Crippen molar-refractivity contribution < 1.29 is 19.1 Å². The summed E-state index contributed by atoms with van der Waals surface area (Å²) in [6, 6.07) is 7.20. The number of nitrogens with two attached hydrogens (primary N) is 1. The fourth-order valence-corrected chi connectivity index (χ4v) is 5.93.